The molecule has 3 saturated heterocycles. The fourth-order valence-corrected chi connectivity index (χ4v) is 6.02. The molecule has 2 atom stereocenters. The van der Waals surface area contributed by atoms with Crippen molar-refractivity contribution in [3.8, 4) is 11.3 Å². The monoisotopic (exact) mass is 518 g/mol. The standard InChI is InChI=1S/C29H35FN6O2/c1-33-28(37)17-26(24-9-11-31-18-25(24)30)32-29(33)36-15-16-38-27(20-36)21-5-7-22(8-6-21)35-14-10-23(19-35)34-12-3-2-4-13-34/h5-9,11,17-18,23,27H,2-4,10,12-16,19-20H2,1H3/t23-,27-/m1/s1. The molecular weight excluding hydrogens is 483 g/mol. The van der Waals surface area contributed by atoms with Gasteiger partial charge in [-0.1, -0.05) is 18.6 Å². The van der Waals surface area contributed by atoms with Gasteiger partial charge in [0, 0.05) is 56.2 Å². The molecule has 0 bridgehead atoms. The Bertz CT molecular complexity index is 1320. The number of hydrogen-bond acceptors (Lipinski definition) is 7. The highest BCUT2D eigenvalue weighted by Gasteiger charge is 2.29. The number of anilines is 2. The molecule has 3 fully saturated rings. The van der Waals surface area contributed by atoms with Crippen LogP contribution in [0.2, 0.25) is 0 Å². The molecule has 0 N–H and O–H groups in total. The van der Waals surface area contributed by atoms with E-state index in [2.05, 4.69) is 48.9 Å². The van der Waals surface area contributed by atoms with E-state index in [1.807, 2.05) is 0 Å². The van der Waals surface area contributed by atoms with Gasteiger partial charge in [-0.2, -0.15) is 0 Å². The lowest BCUT2D eigenvalue weighted by Gasteiger charge is -2.35. The third kappa shape index (κ3) is 5.05. The second-order valence-electron chi connectivity index (χ2n) is 10.6. The normalized spacial score (nSPS) is 22.7. The summed E-state index contributed by atoms with van der Waals surface area (Å²) in [6.07, 6.45) is 7.76. The highest BCUT2D eigenvalue weighted by Crippen LogP contribution is 2.30. The molecule has 0 radical (unpaired) electrons. The average Bonchev–Trinajstić information content (AvgIpc) is 3.46. The van der Waals surface area contributed by atoms with Crippen LogP contribution in [0.4, 0.5) is 16.0 Å². The van der Waals surface area contributed by atoms with E-state index in [9.17, 15) is 9.18 Å². The molecule has 200 valence electrons. The van der Waals surface area contributed by atoms with Crippen molar-refractivity contribution >= 4 is 11.6 Å². The Labute approximate surface area is 222 Å². The number of likely N-dealkylation sites (tertiary alicyclic amines) is 1. The van der Waals surface area contributed by atoms with Gasteiger partial charge in [0.05, 0.1) is 25.0 Å². The molecule has 0 amide bonds. The van der Waals surface area contributed by atoms with Crippen molar-refractivity contribution in [3.05, 3.63) is 70.5 Å². The Morgan fingerprint density at radius 2 is 1.79 bits per heavy atom. The topological polar surface area (TPSA) is 66.7 Å². The summed E-state index contributed by atoms with van der Waals surface area (Å²) in [5, 5.41) is 0. The van der Waals surface area contributed by atoms with Crippen molar-refractivity contribution in [1.82, 2.24) is 19.4 Å². The summed E-state index contributed by atoms with van der Waals surface area (Å²) >= 11 is 0. The Morgan fingerprint density at radius 1 is 0.974 bits per heavy atom. The number of hydrogen-bond donors (Lipinski definition) is 0. The predicted molar refractivity (Wildman–Crippen MR) is 146 cm³/mol. The summed E-state index contributed by atoms with van der Waals surface area (Å²) in [5.74, 6) is 0.00820. The molecular formula is C29H35FN6O2. The van der Waals surface area contributed by atoms with Crippen LogP contribution in [-0.2, 0) is 11.8 Å². The summed E-state index contributed by atoms with van der Waals surface area (Å²) in [6.45, 7) is 6.36. The molecule has 38 heavy (non-hydrogen) atoms. The van der Waals surface area contributed by atoms with Crippen LogP contribution in [0, 0.1) is 5.82 Å². The zero-order chi connectivity index (χ0) is 26.1. The van der Waals surface area contributed by atoms with Crippen LogP contribution in [0.1, 0.15) is 37.4 Å². The van der Waals surface area contributed by atoms with Crippen molar-refractivity contribution in [2.24, 2.45) is 7.05 Å². The van der Waals surface area contributed by atoms with Crippen molar-refractivity contribution < 1.29 is 9.13 Å². The van der Waals surface area contributed by atoms with E-state index in [4.69, 9.17) is 4.74 Å². The smallest absolute Gasteiger partial charge is 0.255 e. The first-order valence-corrected chi connectivity index (χ1v) is 13.7. The van der Waals surface area contributed by atoms with Crippen LogP contribution in [-0.4, -0.2) is 71.4 Å². The quantitative estimate of drug-likeness (QED) is 0.511. The third-order valence-electron chi connectivity index (χ3n) is 8.21. The van der Waals surface area contributed by atoms with Crippen LogP contribution >= 0.6 is 0 Å². The largest absolute Gasteiger partial charge is 0.370 e. The molecule has 1 aromatic carbocycles. The molecule has 0 spiro atoms. The molecule has 3 aromatic rings. The van der Waals surface area contributed by atoms with Crippen molar-refractivity contribution in [2.75, 3.05) is 55.7 Å². The highest BCUT2D eigenvalue weighted by atomic mass is 19.1. The zero-order valence-electron chi connectivity index (χ0n) is 21.9. The first kappa shape index (κ1) is 25.0. The number of benzene rings is 1. The van der Waals surface area contributed by atoms with E-state index in [0.29, 0.717) is 37.4 Å². The molecule has 3 aliphatic rings. The van der Waals surface area contributed by atoms with Gasteiger partial charge >= 0.3 is 0 Å². The predicted octanol–water partition coefficient (Wildman–Crippen LogP) is 3.62. The number of halogens is 1. The van der Waals surface area contributed by atoms with Crippen molar-refractivity contribution in [2.45, 2.75) is 37.8 Å². The van der Waals surface area contributed by atoms with Crippen molar-refractivity contribution in [3.63, 3.8) is 0 Å². The summed E-state index contributed by atoms with van der Waals surface area (Å²) in [7, 11) is 1.70. The minimum absolute atomic E-state index is 0.143. The Kier molecular flexibility index (Phi) is 7.12. The van der Waals surface area contributed by atoms with Crippen LogP contribution in [0.25, 0.3) is 11.3 Å². The van der Waals surface area contributed by atoms with Crippen LogP contribution in [0.5, 0.6) is 0 Å². The van der Waals surface area contributed by atoms with E-state index in [-0.39, 0.29) is 17.2 Å². The van der Waals surface area contributed by atoms with Gasteiger partial charge in [-0.05, 0) is 56.1 Å². The van der Waals surface area contributed by atoms with Crippen LogP contribution in [0.3, 0.4) is 0 Å². The number of piperidine rings is 1. The second kappa shape index (κ2) is 10.8. The minimum Gasteiger partial charge on any atom is -0.370 e. The average molecular weight is 519 g/mol. The maximum atomic E-state index is 14.4. The van der Waals surface area contributed by atoms with E-state index in [0.717, 1.165) is 24.8 Å². The fraction of sp³-hybridized carbons (Fsp3) is 0.483. The van der Waals surface area contributed by atoms with Gasteiger partial charge in [-0.25, -0.2) is 9.37 Å². The molecule has 2 aromatic heterocycles. The van der Waals surface area contributed by atoms with E-state index < -0.39 is 5.82 Å². The third-order valence-corrected chi connectivity index (χ3v) is 8.21. The van der Waals surface area contributed by atoms with Gasteiger partial charge in [0.25, 0.3) is 5.56 Å². The molecule has 5 heterocycles. The van der Waals surface area contributed by atoms with Crippen LogP contribution in [0.15, 0.2) is 53.6 Å². The summed E-state index contributed by atoms with van der Waals surface area (Å²) < 4.78 is 22.0. The highest BCUT2D eigenvalue weighted by molar-refractivity contribution is 5.60. The Balaban J connectivity index is 1.16. The molecule has 6 rings (SSSR count). The van der Waals surface area contributed by atoms with Gasteiger partial charge in [-0.15, -0.1) is 0 Å². The lowest BCUT2D eigenvalue weighted by atomic mass is 10.1. The number of pyridine rings is 1. The number of nitrogens with zero attached hydrogens (tertiary/aromatic N) is 6. The zero-order valence-corrected chi connectivity index (χ0v) is 21.9. The molecule has 3 aliphatic heterocycles. The van der Waals surface area contributed by atoms with Crippen molar-refractivity contribution in [1.29, 1.82) is 0 Å². The van der Waals surface area contributed by atoms with E-state index >= 15 is 0 Å². The maximum absolute atomic E-state index is 14.4. The summed E-state index contributed by atoms with van der Waals surface area (Å²) in [5.41, 5.74) is 2.71. The van der Waals surface area contributed by atoms with E-state index in [1.165, 1.54) is 61.3 Å². The number of rotatable bonds is 5. The number of ether oxygens (including phenoxy) is 1. The second-order valence-corrected chi connectivity index (χ2v) is 10.6. The maximum Gasteiger partial charge on any atom is 0.255 e. The minimum atomic E-state index is -0.501. The number of aromatic nitrogens is 3. The molecule has 9 heteroatoms. The van der Waals surface area contributed by atoms with Gasteiger partial charge < -0.3 is 14.5 Å². The summed E-state index contributed by atoms with van der Waals surface area (Å²) in [4.78, 5) is 28.5. The first-order chi connectivity index (χ1) is 18.6. The summed E-state index contributed by atoms with van der Waals surface area (Å²) in [6, 6.07) is 12.3. The first-order valence-electron chi connectivity index (χ1n) is 13.7. The lowest BCUT2D eigenvalue weighted by molar-refractivity contribution is 0.0390. The number of morpholine rings is 1. The van der Waals surface area contributed by atoms with Gasteiger partial charge in [0.1, 0.15) is 6.10 Å². The molecule has 0 unspecified atom stereocenters. The van der Waals surface area contributed by atoms with Gasteiger partial charge in [-0.3, -0.25) is 19.2 Å². The van der Waals surface area contributed by atoms with E-state index in [1.54, 1.807) is 13.1 Å². The molecule has 8 nitrogen and oxygen atoms in total. The Morgan fingerprint density at radius 3 is 2.58 bits per heavy atom. The van der Waals surface area contributed by atoms with Crippen LogP contribution < -0.4 is 15.4 Å². The molecule has 0 aliphatic carbocycles. The SMILES string of the molecule is Cn1c(N2CCO[C@@H](c3ccc(N4CC[C@@H](N5CCCCC5)C4)cc3)C2)nc(-c2ccncc2F)cc1=O. The fourth-order valence-electron chi connectivity index (χ4n) is 6.02. The van der Waals surface area contributed by atoms with Gasteiger partial charge in [0.15, 0.2) is 5.82 Å². The molecule has 0 saturated carbocycles. The lowest BCUT2D eigenvalue weighted by Crippen LogP contribution is -2.41. The van der Waals surface area contributed by atoms with Gasteiger partial charge in [0.2, 0.25) is 5.95 Å². The Hall–Kier alpha value is -3.30.